The molecule has 0 saturated carbocycles. The Bertz CT molecular complexity index is 843. The van der Waals surface area contributed by atoms with Crippen LogP contribution < -0.4 is 0 Å². The van der Waals surface area contributed by atoms with Crippen molar-refractivity contribution in [3.05, 3.63) is 88.0 Å². The second-order valence-electron chi connectivity index (χ2n) is 5.11. The number of hydrogen-bond donors (Lipinski definition) is 2. The second-order valence-corrected chi connectivity index (χ2v) is 5.11. The number of nitro groups is 4. The second kappa shape index (κ2) is 10.9. The third-order valence-electron chi connectivity index (χ3n) is 3.14. The van der Waals surface area contributed by atoms with Gasteiger partial charge in [-0.05, 0) is 0 Å². The molecule has 0 atom stereocenters. The molecule has 1 radical (unpaired) electrons. The summed E-state index contributed by atoms with van der Waals surface area (Å²) >= 11 is 0. The number of benzene rings is 2. The molecule has 0 bridgehead atoms. The molecule has 31 heavy (non-hydrogen) atoms. The van der Waals surface area contributed by atoms with E-state index in [0.29, 0.717) is 12.1 Å². The van der Waals surface area contributed by atoms with Gasteiger partial charge in [0.15, 0.2) is 0 Å². The van der Waals surface area contributed by atoms with Gasteiger partial charge in [0.1, 0.15) is 0 Å². The van der Waals surface area contributed by atoms with Crippen LogP contribution in [0.3, 0.4) is 0 Å². The SMILES string of the molecule is O=C(O)c1cc([N+](=O)[O-])cc([N+](=O)[O-])c1.O=C(O)c1cc([N+](=O)[O-])cc([N+](=O)[O-])c1.[Cu]. The molecular formula is C14H8CuN4O12. The number of aromatic carboxylic acids is 2. The van der Waals surface area contributed by atoms with E-state index in [1.165, 1.54) is 0 Å². The van der Waals surface area contributed by atoms with Gasteiger partial charge in [0.2, 0.25) is 0 Å². The molecule has 0 aromatic heterocycles. The van der Waals surface area contributed by atoms with Crippen molar-refractivity contribution in [1.29, 1.82) is 0 Å². The standard InChI is InChI=1S/2C7H4N2O6.Cu/c2*10-7(11)4-1-5(8(12)13)3-6(2-4)9(14)15;/h2*1-3H,(H,10,11);. The van der Waals surface area contributed by atoms with Crippen LogP contribution in [0.5, 0.6) is 0 Å². The van der Waals surface area contributed by atoms with Crippen molar-refractivity contribution in [3.63, 3.8) is 0 Å². The fourth-order valence-corrected chi connectivity index (χ4v) is 1.86. The van der Waals surface area contributed by atoms with Crippen LogP contribution in [0.25, 0.3) is 0 Å². The summed E-state index contributed by atoms with van der Waals surface area (Å²) in [6, 6.07) is 4.44. The molecule has 0 amide bonds. The van der Waals surface area contributed by atoms with Gasteiger partial charge in [-0.2, -0.15) is 0 Å². The van der Waals surface area contributed by atoms with E-state index >= 15 is 0 Å². The predicted octanol–water partition coefficient (Wildman–Crippen LogP) is 2.40. The minimum atomic E-state index is -1.46. The van der Waals surface area contributed by atoms with Gasteiger partial charge in [-0.15, -0.1) is 0 Å². The van der Waals surface area contributed by atoms with E-state index in [1.807, 2.05) is 0 Å². The van der Waals surface area contributed by atoms with Crippen LogP contribution in [0.1, 0.15) is 20.7 Å². The van der Waals surface area contributed by atoms with Gasteiger partial charge in [0, 0.05) is 41.3 Å². The Morgan fingerprint density at radius 1 is 0.548 bits per heavy atom. The first-order valence-corrected chi connectivity index (χ1v) is 7.17. The van der Waals surface area contributed by atoms with Gasteiger partial charge in [0.25, 0.3) is 22.7 Å². The molecule has 0 unspecified atom stereocenters. The molecule has 16 nitrogen and oxygen atoms in total. The maximum absolute atomic E-state index is 10.5. The van der Waals surface area contributed by atoms with E-state index < -0.39 is 65.5 Å². The van der Waals surface area contributed by atoms with Gasteiger partial charge in [-0.1, -0.05) is 0 Å². The number of carboxylic acid groups (broad SMARTS) is 2. The maximum Gasteiger partial charge on any atom is 0.336 e. The Morgan fingerprint density at radius 2 is 0.742 bits per heavy atom. The molecule has 0 heterocycles. The summed E-state index contributed by atoms with van der Waals surface area (Å²) in [7, 11) is 0. The molecule has 2 rings (SSSR count). The molecule has 167 valence electrons. The van der Waals surface area contributed by atoms with Crippen molar-refractivity contribution in [3.8, 4) is 0 Å². The Labute approximate surface area is 179 Å². The van der Waals surface area contributed by atoms with E-state index in [-0.39, 0.29) is 17.1 Å². The summed E-state index contributed by atoms with van der Waals surface area (Å²) < 4.78 is 0. The van der Waals surface area contributed by atoms with Crippen molar-refractivity contribution < 1.29 is 56.6 Å². The number of nitro benzene ring substituents is 4. The molecule has 0 fully saturated rings. The van der Waals surface area contributed by atoms with Crippen molar-refractivity contribution in [2.75, 3.05) is 0 Å². The Kier molecular flexibility index (Phi) is 9.30. The summed E-state index contributed by atoms with van der Waals surface area (Å²) in [6.45, 7) is 0. The average Bonchev–Trinajstić information content (AvgIpc) is 2.67. The van der Waals surface area contributed by atoms with Crippen LogP contribution in [0.2, 0.25) is 0 Å². The predicted molar refractivity (Wildman–Crippen MR) is 93.4 cm³/mol. The number of carbonyl (C=O) groups is 2. The Balaban J connectivity index is 0.000000562. The first-order chi connectivity index (χ1) is 13.8. The van der Waals surface area contributed by atoms with E-state index in [2.05, 4.69) is 0 Å². The van der Waals surface area contributed by atoms with Gasteiger partial charge >= 0.3 is 11.9 Å². The first kappa shape index (κ1) is 26.5. The van der Waals surface area contributed by atoms with E-state index in [0.717, 1.165) is 24.3 Å². The summed E-state index contributed by atoms with van der Waals surface area (Å²) in [5.74, 6) is -2.91. The summed E-state index contributed by atoms with van der Waals surface area (Å²) in [4.78, 5) is 58.8. The van der Waals surface area contributed by atoms with Crippen molar-refractivity contribution >= 4 is 34.7 Å². The molecule has 2 aromatic rings. The molecule has 17 heteroatoms. The zero-order chi connectivity index (χ0) is 23.2. The van der Waals surface area contributed by atoms with Crippen LogP contribution in [0.4, 0.5) is 22.7 Å². The van der Waals surface area contributed by atoms with Crippen LogP contribution in [-0.2, 0) is 17.1 Å². The van der Waals surface area contributed by atoms with Crippen LogP contribution in [0.15, 0.2) is 36.4 Å². The van der Waals surface area contributed by atoms with Crippen molar-refractivity contribution in [2.45, 2.75) is 0 Å². The van der Waals surface area contributed by atoms with Crippen LogP contribution in [0, 0.1) is 40.5 Å². The first-order valence-electron chi connectivity index (χ1n) is 7.17. The molecule has 0 saturated heterocycles. The van der Waals surface area contributed by atoms with Crippen molar-refractivity contribution in [1.82, 2.24) is 0 Å². The minimum Gasteiger partial charge on any atom is -0.478 e. The molecule has 0 spiro atoms. The minimum absolute atomic E-state index is 0. The smallest absolute Gasteiger partial charge is 0.336 e. The van der Waals surface area contributed by atoms with Crippen LogP contribution >= 0.6 is 0 Å². The fraction of sp³-hybridized carbons (Fsp3) is 0. The molecule has 0 aliphatic heterocycles. The molecule has 0 aliphatic carbocycles. The molecular weight excluding hydrogens is 480 g/mol. The Hall–Kier alpha value is -4.50. The van der Waals surface area contributed by atoms with Gasteiger partial charge in [-0.3, -0.25) is 40.5 Å². The van der Waals surface area contributed by atoms with E-state index in [9.17, 15) is 50.0 Å². The zero-order valence-corrected chi connectivity index (χ0v) is 15.5. The van der Waals surface area contributed by atoms with Gasteiger partial charge < -0.3 is 10.2 Å². The summed E-state index contributed by atoms with van der Waals surface area (Å²) in [5.41, 5.74) is -3.47. The topological polar surface area (TPSA) is 247 Å². The molecule has 2 aromatic carbocycles. The zero-order valence-electron chi connectivity index (χ0n) is 14.5. The largest absolute Gasteiger partial charge is 0.478 e. The molecule has 2 N–H and O–H groups in total. The van der Waals surface area contributed by atoms with Crippen LogP contribution in [-0.4, -0.2) is 41.8 Å². The average molecular weight is 488 g/mol. The number of hydrogen-bond acceptors (Lipinski definition) is 10. The third kappa shape index (κ3) is 7.44. The summed E-state index contributed by atoms with van der Waals surface area (Å²) in [6.07, 6.45) is 0. The summed E-state index contributed by atoms with van der Waals surface area (Å²) in [5, 5.41) is 58.5. The molecule has 0 aliphatic rings. The van der Waals surface area contributed by atoms with Gasteiger partial charge in [-0.25, -0.2) is 9.59 Å². The number of nitrogens with zero attached hydrogens (tertiary/aromatic N) is 4. The van der Waals surface area contributed by atoms with E-state index in [4.69, 9.17) is 10.2 Å². The normalized spacial score (nSPS) is 9.29. The van der Waals surface area contributed by atoms with E-state index in [1.54, 1.807) is 0 Å². The number of carboxylic acids is 2. The quantitative estimate of drug-likeness (QED) is 0.338. The number of rotatable bonds is 6. The maximum atomic E-state index is 10.5. The third-order valence-corrected chi connectivity index (χ3v) is 3.14. The monoisotopic (exact) mass is 487 g/mol. The fourth-order valence-electron chi connectivity index (χ4n) is 1.86. The Morgan fingerprint density at radius 3 is 0.871 bits per heavy atom. The van der Waals surface area contributed by atoms with Gasteiger partial charge in [0.05, 0.1) is 43.0 Å². The van der Waals surface area contributed by atoms with Crippen molar-refractivity contribution in [2.24, 2.45) is 0 Å². The number of non-ortho nitro benzene ring substituents is 4.